The van der Waals surface area contributed by atoms with E-state index in [1.165, 1.54) is 6.07 Å². The van der Waals surface area contributed by atoms with Crippen molar-refractivity contribution in [3.63, 3.8) is 0 Å². The number of carbonyl (C=O) groups excluding carboxylic acids is 1. The van der Waals surface area contributed by atoms with Gasteiger partial charge in [-0.1, -0.05) is 48.5 Å². The number of carboxylic acid groups (broad SMARTS) is 1. The standard InChI is InChI=1S/C22H24FN5O.CH2O2/c23-18-10-5-4-9-16(18)13-17(24)14-20(29)28-12-6-11-19(28)22-25-21(26-27-22)15-7-2-1-3-8-15;2-1-3/h1-5,7-10,17,19H,6,11-14,24H2,(H,25,26,27);1H,(H,2,3)/t17-,19+;/m1./s1. The quantitative estimate of drug-likeness (QED) is 0.507. The number of aromatic amines is 1. The van der Waals surface area contributed by atoms with Gasteiger partial charge in [-0.05, 0) is 30.9 Å². The van der Waals surface area contributed by atoms with Crippen LogP contribution in [0.2, 0.25) is 0 Å². The van der Waals surface area contributed by atoms with Crippen LogP contribution in [0.4, 0.5) is 4.39 Å². The van der Waals surface area contributed by atoms with Gasteiger partial charge in [-0.15, -0.1) is 0 Å². The van der Waals surface area contributed by atoms with Crippen LogP contribution in [0.15, 0.2) is 54.6 Å². The third-order valence-electron chi connectivity index (χ3n) is 5.30. The Morgan fingerprint density at radius 1 is 1.25 bits per heavy atom. The lowest BCUT2D eigenvalue weighted by Gasteiger charge is -2.24. The number of rotatable bonds is 6. The van der Waals surface area contributed by atoms with E-state index < -0.39 is 6.04 Å². The van der Waals surface area contributed by atoms with Gasteiger partial charge in [-0.25, -0.2) is 9.37 Å². The summed E-state index contributed by atoms with van der Waals surface area (Å²) in [5, 5.41) is 14.2. The second kappa shape index (κ2) is 11.1. The lowest BCUT2D eigenvalue weighted by atomic mass is 10.0. The molecule has 8 nitrogen and oxygen atoms in total. The molecule has 2 atom stereocenters. The molecule has 1 aliphatic rings. The molecule has 1 fully saturated rings. The van der Waals surface area contributed by atoms with Crippen molar-refractivity contribution < 1.29 is 19.1 Å². The molecule has 0 spiro atoms. The first-order valence-corrected chi connectivity index (χ1v) is 10.4. The van der Waals surface area contributed by atoms with Gasteiger partial charge in [0.2, 0.25) is 5.91 Å². The van der Waals surface area contributed by atoms with Crippen LogP contribution < -0.4 is 5.73 Å². The van der Waals surface area contributed by atoms with Gasteiger partial charge >= 0.3 is 0 Å². The number of nitrogens with two attached hydrogens (primary N) is 1. The molecule has 0 bridgehead atoms. The van der Waals surface area contributed by atoms with Crippen LogP contribution in [0.1, 0.15) is 36.7 Å². The van der Waals surface area contributed by atoms with Crippen LogP contribution in [0.3, 0.4) is 0 Å². The first-order chi connectivity index (χ1) is 15.5. The molecule has 0 aliphatic carbocycles. The zero-order chi connectivity index (χ0) is 22.9. The predicted molar refractivity (Wildman–Crippen MR) is 117 cm³/mol. The maximum absolute atomic E-state index is 13.8. The number of amides is 1. The van der Waals surface area contributed by atoms with E-state index in [1.807, 2.05) is 35.2 Å². The summed E-state index contributed by atoms with van der Waals surface area (Å²) in [4.78, 5) is 27.7. The summed E-state index contributed by atoms with van der Waals surface area (Å²) < 4.78 is 13.8. The Balaban J connectivity index is 0.000000913. The van der Waals surface area contributed by atoms with Crippen molar-refractivity contribution in [2.45, 2.75) is 37.8 Å². The highest BCUT2D eigenvalue weighted by atomic mass is 19.1. The van der Waals surface area contributed by atoms with Crippen molar-refractivity contribution in [3.8, 4) is 11.4 Å². The molecule has 168 valence electrons. The third kappa shape index (κ3) is 5.76. The third-order valence-corrected chi connectivity index (χ3v) is 5.30. The molecule has 1 aliphatic heterocycles. The molecule has 3 aromatic rings. The highest BCUT2D eigenvalue weighted by Gasteiger charge is 2.33. The smallest absolute Gasteiger partial charge is 0.290 e. The Kier molecular flexibility index (Phi) is 8.04. The SMILES string of the molecule is N[C@@H](CC(=O)N1CCC[C@H]1c1nc(-c2ccccc2)n[nH]1)Cc1ccccc1F.O=CO. The average Bonchev–Trinajstić information content (AvgIpc) is 3.46. The Labute approximate surface area is 185 Å². The summed E-state index contributed by atoms with van der Waals surface area (Å²) in [7, 11) is 0. The Morgan fingerprint density at radius 2 is 1.94 bits per heavy atom. The summed E-state index contributed by atoms with van der Waals surface area (Å²) in [5.41, 5.74) is 7.62. The maximum Gasteiger partial charge on any atom is 0.290 e. The summed E-state index contributed by atoms with van der Waals surface area (Å²) >= 11 is 0. The molecule has 1 amide bonds. The number of benzene rings is 2. The molecule has 0 unspecified atom stereocenters. The van der Waals surface area contributed by atoms with Gasteiger partial charge in [0.25, 0.3) is 6.47 Å². The number of hydrogen-bond acceptors (Lipinski definition) is 5. The minimum Gasteiger partial charge on any atom is -0.483 e. The number of likely N-dealkylation sites (tertiary alicyclic amines) is 1. The zero-order valence-corrected chi connectivity index (χ0v) is 17.5. The normalized spacial score (nSPS) is 16.2. The number of nitrogens with zero attached hydrogens (tertiary/aromatic N) is 3. The molecule has 32 heavy (non-hydrogen) atoms. The van der Waals surface area contributed by atoms with Gasteiger partial charge in [0.1, 0.15) is 11.6 Å². The molecule has 4 N–H and O–H groups in total. The fourth-order valence-corrected chi connectivity index (χ4v) is 3.85. The van der Waals surface area contributed by atoms with Crippen LogP contribution >= 0.6 is 0 Å². The molecule has 9 heteroatoms. The lowest BCUT2D eigenvalue weighted by molar-refractivity contribution is -0.132. The molecule has 2 heterocycles. The van der Waals surface area contributed by atoms with E-state index in [9.17, 15) is 9.18 Å². The van der Waals surface area contributed by atoms with Gasteiger partial charge in [0, 0.05) is 24.6 Å². The van der Waals surface area contributed by atoms with E-state index in [1.54, 1.807) is 18.2 Å². The van der Waals surface area contributed by atoms with E-state index in [0.717, 1.165) is 18.4 Å². The molecule has 0 saturated carbocycles. The van der Waals surface area contributed by atoms with Crippen molar-refractivity contribution >= 4 is 12.4 Å². The van der Waals surface area contributed by atoms with Crippen molar-refractivity contribution in [2.75, 3.05) is 6.54 Å². The monoisotopic (exact) mass is 439 g/mol. The lowest BCUT2D eigenvalue weighted by Crippen LogP contribution is -2.36. The average molecular weight is 439 g/mol. The van der Waals surface area contributed by atoms with Crippen LogP contribution in [0, 0.1) is 5.82 Å². The number of nitrogens with one attached hydrogen (secondary N) is 1. The van der Waals surface area contributed by atoms with Gasteiger partial charge in [-0.3, -0.25) is 14.7 Å². The van der Waals surface area contributed by atoms with Gasteiger partial charge in [-0.2, -0.15) is 5.10 Å². The topological polar surface area (TPSA) is 125 Å². The summed E-state index contributed by atoms with van der Waals surface area (Å²) in [6.45, 7) is 0.414. The molecule has 1 aromatic heterocycles. The number of hydrogen-bond donors (Lipinski definition) is 3. The van der Waals surface area contributed by atoms with E-state index >= 15 is 0 Å². The fourth-order valence-electron chi connectivity index (χ4n) is 3.85. The van der Waals surface area contributed by atoms with Crippen molar-refractivity contribution in [1.29, 1.82) is 0 Å². The number of H-pyrrole nitrogens is 1. The van der Waals surface area contributed by atoms with Crippen LogP contribution in [0.5, 0.6) is 0 Å². The Morgan fingerprint density at radius 3 is 2.66 bits per heavy atom. The van der Waals surface area contributed by atoms with E-state index in [2.05, 4.69) is 15.2 Å². The van der Waals surface area contributed by atoms with Crippen molar-refractivity contribution in [3.05, 3.63) is 71.8 Å². The highest BCUT2D eigenvalue weighted by molar-refractivity contribution is 5.77. The minimum absolute atomic E-state index is 0.0333. The summed E-state index contributed by atoms with van der Waals surface area (Å²) in [6.07, 6.45) is 2.24. The van der Waals surface area contributed by atoms with E-state index in [-0.39, 0.29) is 30.7 Å². The molecule has 2 aromatic carbocycles. The Bertz CT molecular complexity index is 1030. The Hall–Kier alpha value is -3.59. The van der Waals surface area contributed by atoms with Crippen molar-refractivity contribution in [2.24, 2.45) is 5.73 Å². The minimum atomic E-state index is -0.435. The maximum atomic E-state index is 13.8. The molecule has 4 rings (SSSR count). The van der Waals surface area contributed by atoms with Crippen LogP contribution in [0.25, 0.3) is 11.4 Å². The van der Waals surface area contributed by atoms with Crippen LogP contribution in [-0.2, 0) is 16.0 Å². The predicted octanol–water partition coefficient (Wildman–Crippen LogP) is 2.94. The van der Waals surface area contributed by atoms with E-state index in [0.29, 0.717) is 30.2 Å². The molecule has 0 radical (unpaired) electrons. The number of carbonyl (C=O) groups is 2. The number of aromatic nitrogens is 3. The van der Waals surface area contributed by atoms with Crippen molar-refractivity contribution in [1.82, 2.24) is 20.1 Å². The fraction of sp³-hybridized carbons (Fsp3) is 0.304. The van der Waals surface area contributed by atoms with E-state index in [4.69, 9.17) is 15.6 Å². The molecular weight excluding hydrogens is 413 g/mol. The summed E-state index contributed by atoms with van der Waals surface area (Å²) in [5.74, 6) is 0.993. The second-order valence-electron chi connectivity index (χ2n) is 7.52. The second-order valence-corrected chi connectivity index (χ2v) is 7.52. The first kappa shape index (κ1) is 23.1. The largest absolute Gasteiger partial charge is 0.483 e. The molecular formula is C23H26FN5O3. The molecule has 1 saturated heterocycles. The highest BCUT2D eigenvalue weighted by Crippen LogP contribution is 2.31. The van der Waals surface area contributed by atoms with Gasteiger partial charge in [0.15, 0.2) is 5.82 Å². The van der Waals surface area contributed by atoms with Gasteiger partial charge < -0.3 is 15.7 Å². The number of halogens is 1. The summed E-state index contributed by atoms with van der Waals surface area (Å²) in [6, 6.07) is 15.7. The van der Waals surface area contributed by atoms with Crippen LogP contribution in [-0.4, -0.2) is 50.2 Å². The zero-order valence-electron chi connectivity index (χ0n) is 17.5. The van der Waals surface area contributed by atoms with Gasteiger partial charge in [0.05, 0.1) is 6.04 Å². The first-order valence-electron chi connectivity index (χ1n) is 10.4.